The number of hydrogen-bond donors (Lipinski definition) is 0. The van der Waals surface area contributed by atoms with E-state index in [0.717, 1.165) is 28.5 Å². The Balaban J connectivity index is 2.51. The number of pyridine rings is 1. The highest BCUT2D eigenvalue weighted by atomic mass is 35.5. The summed E-state index contributed by atoms with van der Waals surface area (Å²) in [5.74, 6) is 2.97. The molecule has 2 atom stereocenters. The van der Waals surface area contributed by atoms with Crippen molar-refractivity contribution in [3.05, 3.63) is 23.1 Å². The van der Waals surface area contributed by atoms with E-state index in [4.69, 9.17) is 23.2 Å². The summed E-state index contributed by atoms with van der Waals surface area (Å²) in [5.41, 5.74) is 1.67. The van der Waals surface area contributed by atoms with Crippen LogP contribution < -0.4 is 0 Å². The van der Waals surface area contributed by atoms with Gasteiger partial charge in [-0.3, -0.25) is 0 Å². The Morgan fingerprint density at radius 1 is 1.42 bits per heavy atom. The second-order valence-electron chi connectivity index (χ2n) is 4.46. The van der Waals surface area contributed by atoms with Crippen LogP contribution in [0.4, 0.5) is 0 Å². The van der Waals surface area contributed by atoms with Crippen molar-refractivity contribution in [3.8, 4) is 0 Å². The van der Waals surface area contributed by atoms with E-state index < -0.39 is 0 Å². The Hall–Kier alpha value is -0.450. The van der Waals surface area contributed by atoms with Gasteiger partial charge in [0, 0.05) is 18.0 Å². The number of nitrogens with zero attached hydrogens (tertiary/aromatic N) is 3. The molecule has 2 heterocycles. The van der Waals surface area contributed by atoms with Gasteiger partial charge in [0.1, 0.15) is 11.3 Å². The first-order chi connectivity index (χ1) is 9.04. The van der Waals surface area contributed by atoms with Crippen LogP contribution in [-0.4, -0.2) is 26.0 Å². The lowest BCUT2D eigenvalue weighted by Gasteiger charge is -2.17. The fraction of sp³-hybridized carbons (Fsp3) is 0.538. The van der Waals surface area contributed by atoms with E-state index in [1.165, 1.54) is 0 Å². The molecule has 0 spiro atoms. The number of aromatic nitrogens is 3. The van der Waals surface area contributed by atoms with Crippen molar-refractivity contribution in [1.82, 2.24) is 14.5 Å². The van der Waals surface area contributed by atoms with E-state index in [1.807, 2.05) is 24.8 Å². The van der Waals surface area contributed by atoms with Crippen LogP contribution in [0.1, 0.15) is 38.0 Å². The highest BCUT2D eigenvalue weighted by molar-refractivity contribution is 7.99. The topological polar surface area (TPSA) is 30.7 Å². The fourth-order valence-corrected chi connectivity index (χ4v) is 3.09. The van der Waals surface area contributed by atoms with E-state index >= 15 is 0 Å². The molecule has 0 bridgehead atoms. The number of fused-ring (bicyclic) bond motifs is 1. The molecule has 0 aliphatic rings. The van der Waals surface area contributed by atoms with Gasteiger partial charge >= 0.3 is 0 Å². The summed E-state index contributed by atoms with van der Waals surface area (Å²) in [6, 6.07) is 2.14. The summed E-state index contributed by atoms with van der Waals surface area (Å²) in [7, 11) is 0. The number of imidazole rings is 1. The molecule has 0 saturated heterocycles. The average molecular weight is 318 g/mol. The molecule has 0 aromatic carbocycles. The van der Waals surface area contributed by atoms with Crippen LogP contribution >= 0.6 is 35.0 Å². The zero-order valence-corrected chi connectivity index (χ0v) is 13.6. The molecule has 0 aliphatic carbocycles. The van der Waals surface area contributed by atoms with Crippen LogP contribution in [0.15, 0.2) is 12.3 Å². The molecule has 0 fully saturated rings. The van der Waals surface area contributed by atoms with E-state index in [0.29, 0.717) is 11.1 Å². The molecule has 2 aromatic heterocycles. The van der Waals surface area contributed by atoms with Gasteiger partial charge in [-0.15, -0.1) is 11.6 Å². The van der Waals surface area contributed by atoms with Crippen molar-refractivity contribution in [2.45, 2.75) is 32.2 Å². The zero-order valence-electron chi connectivity index (χ0n) is 11.2. The van der Waals surface area contributed by atoms with Crippen molar-refractivity contribution in [2.75, 3.05) is 11.5 Å². The molecule has 19 heavy (non-hydrogen) atoms. The summed E-state index contributed by atoms with van der Waals surface area (Å²) in [6.07, 6.45) is 1.66. The van der Waals surface area contributed by atoms with E-state index in [1.54, 1.807) is 6.20 Å². The van der Waals surface area contributed by atoms with Crippen molar-refractivity contribution in [3.63, 3.8) is 0 Å². The summed E-state index contributed by atoms with van der Waals surface area (Å²) in [4.78, 5) is 8.99. The predicted octanol–water partition coefficient (Wildman–Crippen LogP) is 4.70. The van der Waals surface area contributed by atoms with Crippen LogP contribution in [0.3, 0.4) is 0 Å². The summed E-state index contributed by atoms with van der Waals surface area (Å²) < 4.78 is 2.13. The Kier molecular flexibility index (Phi) is 4.98. The maximum absolute atomic E-state index is 6.25. The molecule has 0 amide bonds. The minimum absolute atomic E-state index is 0.151. The number of halogens is 2. The van der Waals surface area contributed by atoms with Crippen LogP contribution in [0.2, 0.25) is 5.02 Å². The fourth-order valence-electron chi connectivity index (χ4n) is 2.05. The molecule has 0 saturated carbocycles. The van der Waals surface area contributed by atoms with Crippen molar-refractivity contribution < 1.29 is 0 Å². The third kappa shape index (κ3) is 3.18. The molecular weight excluding hydrogens is 301 g/mol. The Morgan fingerprint density at radius 2 is 2.16 bits per heavy atom. The Labute approximate surface area is 127 Å². The maximum atomic E-state index is 6.25. The highest BCUT2D eigenvalue weighted by Crippen LogP contribution is 2.29. The smallest absolute Gasteiger partial charge is 0.160 e. The largest absolute Gasteiger partial charge is 0.308 e. The van der Waals surface area contributed by atoms with Crippen LogP contribution in [0.25, 0.3) is 11.2 Å². The van der Waals surface area contributed by atoms with Gasteiger partial charge < -0.3 is 4.57 Å². The molecule has 0 N–H and O–H groups in total. The van der Waals surface area contributed by atoms with E-state index in [2.05, 4.69) is 28.4 Å². The minimum Gasteiger partial charge on any atom is -0.308 e. The highest BCUT2D eigenvalue weighted by Gasteiger charge is 2.20. The normalized spacial score (nSPS) is 14.8. The molecule has 2 unspecified atom stereocenters. The van der Waals surface area contributed by atoms with Gasteiger partial charge in [-0.2, -0.15) is 11.8 Å². The Morgan fingerprint density at radius 3 is 2.79 bits per heavy atom. The van der Waals surface area contributed by atoms with E-state index in [9.17, 15) is 0 Å². The molecule has 6 heteroatoms. The van der Waals surface area contributed by atoms with Crippen molar-refractivity contribution in [2.24, 2.45) is 0 Å². The third-order valence-electron chi connectivity index (χ3n) is 2.88. The molecular formula is C13H17Cl2N3S. The van der Waals surface area contributed by atoms with Gasteiger partial charge in [-0.1, -0.05) is 18.5 Å². The summed E-state index contributed by atoms with van der Waals surface area (Å²) in [6.45, 7) is 6.26. The summed E-state index contributed by atoms with van der Waals surface area (Å²) >= 11 is 14.1. The molecule has 2 aromatic rings. The first kappa shape index (κ1) is 14.9. The number of rotatable bonds is 5. The molecule has 0 radical (unpaired) electrons. The average Bonchev–Trinajstić information content (AvgIpc) is 2.74. The molecule has 2 rings (SSSR count). The molecule has 0 aliphatic heterocycles. The van der Waals surface area contributed by atoms with Gasteiger partial charge in [-0.05, 0) is 25.7 Å². The first-order valence-corrected chi connectivity index (χ1v) is 8.26. The van der Waals surface area contributed by atoms with Gasteiger partial charge in [0.25, 0.3) is 0 Å². The molecule has 3 nitrogen and oxygen atoms in total. The standard InChI is InChI=1S/C13H17Cl2N3S/c1-4-19-7-8(2)18-12(9(3)14)17-11-5-10(15)6-16-13(11)18/h5-6,8-9H,4,7H2,1-3H3. The quantitative estimate of drug-likeness (QED) is 0.749. The van der Waals surface area contributed by atoms with Gasteiger partial charge in [0.2, 0.25) is 0 Å². The van der Waals surface area contributed by atoms with Gasteiger partial charge in [-0.25, -0.2) is 9.97 Å². The maximum Gasteiger partial charge on any atom is 0.160 e. The van der Waals surface area contributed by atoms with Gasteiger partial charge in [0.15, 0.2) is 5.65 Å². The second-order valence-corrected chi connectivity index (χ2v) is 6.87. The monoisotopic (exact) mass is 317 g/mol. The van der Waals surface area contributed by atoms with Crippen molar-refractivity contribution in [1.29, 1.82) is 0 Å². The third-order valence-corrected chi connectivity index (χ3v) is 4.41. The zero-order chi connectivity index (χ0) is 14.0. The first-order valence-electron chi connectivity index (χ1n) is 6.29. The SMILES string of the molecule is CCSCC(C)n1c(C(C)Cl)nc2cc(Cl)cnc21. The molecule has 104 valence electrons. The van der Waals surface area contributed by atoms with Crippen molar-refractivity contribution >= 4 is 46.1 Å². The lowest BCUT2D eigenvalue weighted by molar-refractivity contribution is 0.588. The summed E-state index contributed by atoms with van der Waals surface area (Å²) in [5, 5.41) is 0.448. The van der Waals surface area contributed by atoms with Crippen LogP contribution in [-0.2, 0) is 0 Å². The number of hydrogen-bond acceptors (Lipinski definition) is 3. The second kappa shape index (κ2) is 6.33. The predicted molar refractivity (Wildman–Crippen MR) is 84.5 cm³/mol. The van der Waals surface area contributed by atoms with Crippen LogP contribution in [0.5, 0.6) is 0 Å². The number of alkyl halides is 1. The minimum atomic E-state index is -0.151. The Bertz CT molecular complexity index is 568. The lowest BCUT2D eigenvalue weighted by atomic mass is 10.3. The van der Waals surface area contributed by atoms with E-state index in [-0.39, 0.29) is 5.38 Å². The number of thioether (sulfide) groups is 1. The van der Waals surface area contributed by atoms with Crippen LogP contribution in [0, 0.1) is 0 Å². The lowest BCUT2D eigenvalue weighted by Crippen LogP contribution is -2.12. The van der Waals surface area contributed by atoms with Gasteiger partial charge in [0.05, 0.1) is 10.4 Å².